The average Bonchev–Trinajstić information content (AvgIpc) is 2.56. The summed E-state index contributed by atoms with van der Waals surface area (Å²) >= 11 is 3.38. The maximum atomic E-state index is 12.3. The number of anilines is 1. The van der Waals surface area contributed by atoms with Crippen LogP contribution in [0.2, 0.25) is 0 Å². The van der Waals surface area contributed by atoms with E-state index in [2.05, 4.69) is 20.7 Å². The average molecular weight is 446 g/mol. The number of hydrogen-bond acceptors (Lipinski definition) is 4. The van der Waals surface area contributed by atoms with E-state index in [0.29, 0.717) is 26.9 Å². The van der Waals surface area contributed by atoms with Crippen molar-refractivity contribution in [3.8, 4) is 16.9 Å². The summed E-state index contributed by atoms with van der Waals surface area (Å²) in [7, 11) is 0. The molecule has 0 bridgehead atoms. The summed E-state index contributed by atoms with van der Waals surface area (Å²) in [6.45, 7) is 5.44. The molecule has 8 heteroatoms. The normalized spacial score (nSPS) is 12.0. The molecule has 4 nitrogen and oxygen atoms in total. The summed E-state index contributed by atoms with van der Waals surface area (Å²) in [4.78, 5) is 12.3. The minimum Gasteiger partial charge on any atom is -0.465 e. The van der Waals surface area contributed by atoms with Crippen LogP contribution in [0.5, 0.6) is 5.75 Å². The number of ether oxygens (including phenoxy) is 2. The SMILES string of the molecule is CCOC(=O)C(C)(C)c1cc(Br)c(N)c(-c2ccc(OC(F)(F)F)cc2)c1. The van der Waals surface area contributed by atoms with E-state index in [4.69, 9.17) is 10.5 Å². The van der Waals surface area contributed by atoms with Crippen LogP contribution in [-0.4, -0.2) is 18.9 Å². The zero-order chi connectivity index (χ0) is 20.4. The summed E-state index contributed by atoms with van der Waals surface area (Å²) in [6, 6.07) is 8.83. The van der Waals surface area contributed by atoms with Crippen LogP contribution in [0.3, 0.4) is 0 Å². The second-order valence-corrected chi connectivity index (χ2v) is 7.19. The van der Waals surface area contributed by atoms with E-state index in [9.17, 15) is 18.0 Å². The van der Waals surface area contributed by atoms with Gasteiger partial charge in [-0.25, -0.2) is 0 Å². The van der Waals surface area contributed by atoms with Gasteiger partial charge in [-0.1, -0.05) is 12.1 Å². The Kier molecular flexibility index (Phi) is 6.09. The van der Waals surface area contributed by atoms with Crippen molar-refractivity contribution in [3.05, 3.63) is 46.4 Å². The molecule has 0 aliphatic carbocycles. The first-order valence-corrected chi connectivity index (χ1v) is 8.88. The van der Waals surface area contributed by atoms with Crippen molar-refractivity contribution < 1.29 is 27.4 Å². The Bertz CT molecular complexity index is 833. The van der Waals surface area contributed by atoms with E-state index < -0.39 is 11.8 Å². The van der Waals surface area contributed by atoms with Gasteiger partial charge in [0.05, 0.1) is 17.7 Å². The Hall–Kier alpha value is -2.22. The van der Waals surface area contributed by atoms with Gasteiger partial charge in [-0.05, 0) is 72.1 Å². The van der Waals surface area contributed by atoms with Crippen molar-refractivity contribution in [2.75, 3.05) is 12.3 Å². The van der Waals surface area contributed by atoms with Gasteiger partial charge in [-0.15, -0.1) is 13.2 Å². The fourth-order valence-corrected chi connectivity index (χ4v) is 2.94. The van der Waals surface area contributed by atoms with Crippen LogP contribution in [0, 0.1) is 0 Å². The molecule has 2 aromatic carbocycles. The third-order valence-electron chi connectivity index (χ3n) is 4.04. The van der Waals surface area contributed by atoms with Crippen LogP contribution in [0.25, 0.3) is 11.1 Å². The molecule has 0 aromatic heterocycles. The Morgan fingerprint density at radius 1 is 1.15 bits per heavy atom. The number of carbonyl (C=O) groups is 1. The molecule has 2 rings (SSSR count). The maximum absolute atomic E-state index is 12.3. The highest BCUT2D eigenvalue weighted by molar-refractivity contribution is 9.10. The minimum atomic E-state index is -4.76. The van der Waals surface area contributed by atoms with Gasteiger partial charge in [0.25, 0.3) is 0 Å². The van der Waals surface area contributed by atoms with Gasteiger partial charge in [-0.3, -0.25) is 4.79 Å². The predicted molar refractivity (Wildman–Crippen MR) is 100 cm³/mol. The number of nitrogens with two attached hydrogens (primary N) is 1. The summed E-state index contributed by atoms with van der Waals surface area (Å²) in [5.41, 5.74) is 7.43. The second-order valence-electron chi connectivity index (χ2n) is 6.34. The molecule has 0 spiro atoms. The lowest BCUT2D eigenvalue weighted by atomic mass is 9.83. The van der Waals surface area contributed by atoms with Gasteiger partial charge in [-0.2, -0.15) is 0 Å². The van der Waals surface area contributed by atoms with E-state index in [0.717, 1.165) is 0 Å². The Labute approximate surface area is 163 Å². The third-order valence-corrected chi connectivity index (χ3v) is 4.69. The van der Waals surface area contributed by atoms with Crippen molar-refractivity contribution in [1.29, 1.82) is 0 Å². The highest BCUT2D eigenvalue weighted by Crippen LogP contribution is 2.38. The number of hydrogen-bond donors (Lipinski definition) is 1. The van der Waals surface area contributed by atoms with Crippen LogP contribution >= 0.6 is 15.9 Å². The van der Waals surface area contributed by atoms with Crippen molar-refractivity contribution in [2.24, 2.45) is 0 Å². The van der Waals surface area contributed by atoms with E-state index in [-0.39, 0.29) is 18.3 Å². The molecule has 146 valence electrons. The Balaban J connectivity index is 2.46. The number of rotatable bonds is 5. The number of benzene rings is 2. The van der Waals surface area contributed by atoms with Crippen LogP contribution < -0.4 is 10.5 Å². The summed E-state index contributed by atoms with van der Waals surface area (Å²) in [5, 5.41) is 0. The molecule has 0 saturated carbocycles. The molecular formula is C19H19BrF3NO3. The van der Waals surface area contributed by atoms with E-state index in [1.54, 1.807) is 32.9 Å². The molecule has 0 atom stereocenters. The first kappa shape index (κ1) is 21.1. The molecule has 0 amide bonds. The number of nitrogen functional groups attached to an aromatic ring is 1. The highest BCUT2D eigenvalue weighted by atomic mass is 79.9. The van der Waals surface area contributed by atoms with Crippen molar-refractivity contribution in [2.45, 2.75) is 32.5 Å². The lowest BCUT2D eigenvalue weighted by Crippen LogP contribution is -2.31. The van der Waals surface area contributed by atoms with Gasteiger partial charge >= 0.3 is 12.3 Å². The van der Waals surface area contributed by atoms with E-state index in [1.165, 1.54) is 24.3 Å². The van der Waals surface area contributed by atoms with Crippen LogP contribution in [0.4, 0.5) is 18.9 Å². The predicted octanol–water partition coefficient (Wildman–Crippen LogP) is 5.44. The van der Waals surface area contributed by atoms with E-state index >= 15 is 0 Å². The van der Waals surface area contributed by atoms with Gasteiger partial charge in [0.1, 0.15) is 5.75 Å². The largest absolute Gasteiger partial charge is 0.573 e. The molecule has 0 fully saturated rings. The van der Waals surface area contributed by atoms with Crippen LogP contribution in [0.1, 0.15) is 26.3 Å². The van der Waals surface area contributed by atoms with E-state index in [1.807, 2.05) is 0 Å². The first-order chi connectivity index (χ1) is 12.5. The lowest BCUT2D eigenvalue weighted by molar-refractivity contribution is -0.274. The maximum Gasteiger partial charge on any atom is 0.573 e. The summed E-state index contributed by atoms with van der Waals surface area (Å²) in [6.07, 6.45) is -4.76. The fraction of sp³-hybridized carbons (Fsp3) is 0.316. The number of carbonyl (C=O) groups excluding carboxylic acids is 1. The molecule has 2 aromatic rings. The van der Waals surface area contributed by atoms with Crippen molar-refractivity contribution >= 4 is 27.6 Å². The Morgan fingerprint density at radius 2 is 1.74 bits per heavy atom. The van der Waals surface area contributed by atoms with Gasteiger partial charge < -0.3 is 15.2 Å². The molecule has 0 saturated heterocycles. The summed E-state index contributed by atoms with van der Waals surface area (Å²) in [5.74, 6) is -0.714. The molecular weight excluding hydrogens is 427 g/mol. The molecule has 0 aliphatic rings. The topological polar surface area (TPSA) is 61.5 Å². The monoisotopic (exact) mass is 445 g/mol. The number of esters is 1. The third kappa shape index (κ3) is 4.94. The smallest absolute Gasteiger partial charge is 0.465 e. The molecule has 2 N–H and O–H groups in total. The molecule has 0 heterocycles. The highest BCUT2D eigenvalue weighted by Gasteiger charge is 2.33. The number of halogens is 4. The zero-order valence-corrected chi connectivity index (χ0v) is 16.6. The zero-order valence-electron chi connectivity index (χ0n) is 15.0. The van der Waals surface area contributed by atoms with Crippen LogP contribution in [0.15, 0.2) is 40.9 Å². The first-order valence-electron chi connectivity index (χ1n) is 8.08. The molecule has 0 aliphatic heterocycles. The molecule has 27 heavy (non-hydrogen) atoms. The van der Waals surface area contributed by atoms with Gasteiger partial charge in [0, 0.05) is 10.0 Å². The van der Waals surface area contributed by atoms with Gasteiger partial charge in [0.15, 0.2) is 0 Å². The van der Waals surface area contributed by atoms with Crippen LogP contribution in [-0.2, 0) is 14.9 Å². The number of alkyl halides is 3. The minimum absolute atomic E-state index is 0.256. The fourth-order valence-electron chi connectivity index (χ4n) is 2.48. The Morgan fingerprint density at radius 3 is 2.26 bits per heavy atom. The van der Waals surface area contributed by atoms with Crippen molar-refractivity contribution in [1.82, 2.24) is 0 Å². The molecule has 0 unspecified atom stereocenters. The second kappa shape index (κ2) is 7.80. The summed E-state index contributed by atoms with van der Waals surface area (Å²) < 4.78 is 46.5. The molecule has 0 radical (unpaired) electrons. The quantitative estimate of drug-likeness (QED) is 0.491. The lowest BCUT2D eigenvalue weighted by Gasteiger charge is -2.24. The van der Waals surface area contributed by atoms with Crippen molar-refractivity contribution in [3.63, 3.8) is 0 Å². The van der Waals surface area contributed by atoms with Gasteiger partial charge in [0.2, 0.25) is 0 Å². The standard InChI is InChI=1S/C19H19BrF3NO3/c1-4-26-17(25)18(2,3)12-9-14(16(24)15(20)10-12)11-5-7-13(8-6-11)27-19(21,22)23/h5-10H,4,24H2,1-3H3.